The molecular formula is C20H25N3O3. The minimum absolute atomic E-state index is 0.134. The van der Waals surface area contributed by atoms with Gasteiger partial charge in [0.05, 0.1) is 20.2 Å². The van der Waals surface area contributed by atoms with Gasteiger partial charge >= 0.3 is 0 Å². The van der Waals surface area contributed by atoms with E-state index in [1.807, 2.05) is 44.2 Å². The zero-order valence-corrected chi connectivity index (χ0v) is 15.4. The third-order valence-corrected chi connectivity index (χ3v) is 3.87. The number of anilines is 2. The normalized spacial score (nSPS) is 10.5. The monoisotopic (exact) mass is 355 g/mol. The number of benzene rings is 2. The van der Waals surface area contributed by atoms with E-state index in [4.69, 9.17) is 4.74 Å². The predicted octanol–water partition coefficient (Wildman–Crippen LogP) is 2.90. The molecule has 0 aliphatic heterocycles. The highest BCUT2D eigenvalue weighted by molar-refractivity contribution is 5.94. The van der Waals surface area contributed by atoms with Crippen LogP contribution in [-0.4, -0.2) is 43.5 Å². The molecule has 2 aromatic carbocycles. The average Bonchev–Trinajstić information content (AvgIpc) is 2.63. The van der Waals surface area contributed by atoms with E-state index in [2.05, 4.69) is 10.6 Å². The van der Waals surface area contributed by atoms with Crippen LogP contribution in [-0.2, 0) is 9.59 Å². The zero-order chi connectivity index (χ0) is 18.9. The van der Waals surface area contributed by atoms with E-state index in [-0.39, 0.29) is 24.9 Å². The lowest BCUT2D eigenvalue weighted by molar-refractivity contribution is -0.119. The first kappa shape index (κ1) is 19.5. The number of carbonyl (C=O) groups is 2. The number of amides is 2. The van der Waals surface area contributed by atoms with Crippen LogP contribution in [0.25, 0.3) is 0 Å². The number of hydrogen-bond donors (Lipinski definition) is 2. The Hall–Kier alpha value is -2.86. The summed E-state index contributed by atoms with van der Waals surface area (Å²) in [5.74, 6) is 0.348. The molecule has 0 saturated heterocycles. The molecule has 0 aliphatic carbocycles. The lowest BCUT2D eigenvalue weighted by atomic mass is 10.2. The van der Waals surface area contributed by atoms with E-state index in [0.717, 1.165) is 11.3 Å². The summed E-state index contributed by atoms with van der Waals surface area (Å²) in [4.78, 5) is 26.2. The van der Waals surface area contributed by atoms with Crippen LogP contribution in [0.15, 0.2) is 48.5 Å². The molecule has 0 saturated carbocycles. The second kappa shape index (κ2) is 9.58. The van der Waals surface area contributed by atoms with E-state index < -0.39 is 0 Å². The van der Waals surface area contributed by atoms with Crippen LogP contribution in [0.4, 0.5) is 11.4 Å². The van der Waals surface area contributed by atoms with Crippen LogP contribution in [0.5, 0.6) is 5.75 Å². The molecule has 0 bridgehead atoms. The summed E-state index contributed by atoms with van der Waals surface area (Å²) in [6.07, 6.45) is 0. The first-order valence-electron chi connectivity index (χ1n) is 8.53. The van der Waals surface area contributed by atoms with Crippen molar-refractivity contribution in [3.8, 4) is 5.75 Å². The molecule has 6 nitrogen and oxygen atoms in total. The smallest absolute Gasteiger partial charge is 0.238 e. The van der Waals surface area contributed by atoms with Crippen molar-refractivity contribution in [3.63, 3.8) is 0 Å². The Morgan fingerprint density at radius 1 is 0.962 bits per heavy atom. The number of nitrogens with zero attached hydrogens (tertiary/aromatic N) is 1. The van der Waals surface area contributed by atoms with Gasteiger partial charge in [-0.15, -0.1) is 0 Å². The largest absolute Gasteiger partial charge is 0.497 e. The predicted molar refractivity (Wildman–Crippen MR) is 104 cm³/mol. The molecule has 2 N–H and O–H groups in total. The maximum absolute atomic E-state index is 12.2. The van der Waals surface area contributed by atoms with Gasteiger partial charge in [-0.25, -0.2) is 0 Å². The summed E-state index contributed by atoms with van der Waals surface area (Å²) in [6.45, 7) is 4.78. The Morgan fingerprint density at radius 3 is 2.15 bits per heavy atom. The maximum Gasteiger partial charge on any atom is 0.238 e. The molecule has 0 aromatic heterocycles. The Morgan fingerprint density at radius 2 is 1.58 bits per heavy atom. The summed E-state index contributed by atoms with van der Waals surface area (Å²) in [7, 11) is 1.58. The van der Waals surface area contributed by atoms with Crippen LogP contribution in [0.1, 0.15) is 12.5 Å². The fraction of sp³-hybridized carbons (Fsp3) is 0.300. The SMILES string of the molecule is CCN(CC(=O)Nc1ccc(C)cc1)CC(=O)Nc1cccc(OC)c1. The molecule has 0 atom stereocenters. The molecular weight excluding hydrogens is 330 g/mol. The number of nitrogens with one attached hydrogen (secondary N) is 2. The number of ether oxygens (including phenoxy) is 1. The van der Waals surface area contributed by atoms with E-state index in [1.54, 1.807) is 30.2 Å². The molecule has 6 heteroatoms. The van der Waals surface area contributed by atoms with Crippen molar-refractivity contribution in [2.24, 2.45) is 0 Å². The van der Waals surface area contributed by atoms with Gasteiger partial charge in [-0.05, 0) is 37.7 Å². The topological polar surface area (TPSA) is 70.7 Å². The van der Waals surface area contributed by atoms with Crippen molar-refractivity contribution in [2.45, 2.75) is 13.8 Å². The van der Waals surface area contributed by atoms with E-state index in [1.165, 1.54) is 0 Å². The number of carbonyl (C=O) groups excluding carboxylic acids is 2. The van der Waals surface area contributed by atoms with Crippen molar-refractivity contribution in [1.29, 1.82) is 0 Å². The summed E-state index contributed by atoms with van der Waals surface area (Å²) in [6, 6.07) is 14.8. The highest BCUT2D eigenvalue weighted by Gasteiger charge is 2.13. The lowest BCUT2D eigenvalue weighted by Crippen LogP contribution is -2.38. The molecule has 0 radical (unpaired) electrons. The zero-order valence-electron chi connectivity index (χ0n) is 15.4. The Balaban J connectivity index is 1.86. The summed E-state index contributed by atoms with van der Waals surface area (Å²) < 4.78 is 5.14. The van der Waals surface area contributed by atoms with Gasteiger partial charge in [0.1, 0.15) is 5.75 Å². The molecule has 0 unspecified atom stereocenters. The van der Waals surface area contributed by atoms with Crippen LogP contribution in [0, 0.1) is 6.92 Å². The number of methoxy groups -OCH3 is 1. The fourth-order valence-electron chi connectivity index (χ4n) is 2.42. The fourth-order valence-corrected chi connectivity index (χ4v) is 2.42. The lowest BCUT2D eigenvalue weighted by Gasteiger charge is -2.19. The van der Waals surface area contributed by atoms with Crippen LogP contribution >= 0.6 is 0 Å². The van der Waals surface area contributed by atoms with Gasteiger partial charge in [0.2, 0.25) is 11.8 Å². The molecule has 138 valence electrons. The third kappa shape index (κ3) is 6.22. The highest BCUT2D eigenvalue weighted by Crippen LogP contribution is 2.16. The van der Waals surface area contributed by atoms with Gasteiger partial charge in [-0.1, -0.05) is 30.7 Å². The third-order valence-electron chi connectivity index (χ3n) is 3.87. The quantitative estimate of drug-likeness (QED) is 0.764. The van der Waals surface area contributed by atoms with Crippen molar-refractivity contribution < 1.29 is 14.3 Å². The van der Waals surface area contributed by atoms with Gasteiger partial charge in [0.25, 0.3) is 0 Å². The number of aryl methyl sites for hydroxylation is 1. The van der Waals surface area contributed by atoms with Crippen molar-refractivity contribution in [1.82, 2.24) is 4.90 Å². The summed E-state index contributed by atoms with van der Waals surface area (Å²) in [5.41, 5.74) is 2.54. The molecule has 0 aliphatic rings. The molecule has 2 aromatic rings. The second-order valence-corrected chi connectivity index (χ2v) is 6.00. The van der Waals surface area contributed by atoms with Gasteiger partial charge in [0, 0.05) is 17.4 Å². The first-order chi connectivity index (χ1) is 12.5. The molecule has 2 rings (SSSR count). The minimum Gasteiger partial charge on any atom is -0.497 e. The Labute approximate surface area is 154 Å². The maximum atomic E-state index is 12.2. The van der Waals surface area contributed by atoms with Gasteiger partial charge in [-0.3, -0.25) is 14.5 Å². The van der Waals surface area contributed by atoms with Gasteiger partial charge < -0.3 is 15.4 Å². The Bertz CT molecular complexity index is 744. The Kier molecular flexibility index (Phi) is 7.17. The van der Waals surface area contributed by atoms with E-state index >= 15 is 0 Å². The minimum atomic E-state index is -0.178. The molecule has 26 heavy (non-hydrogen) atoms. The molecule has 2 amide bonds. The van der Waals surface area contributed by atoms with Gasteiger partial charge in [0.15, 0.2) is 0 Å². The van der Waals surface area contributed by atoms with Crippen molar-refractivity contribution in [3.05, 3.63) is 54.1 Å². The highest BCUT2D eigenvalue weighted by atomic mass is 16.5. The summed E-state index contributed by atoms with van der Waals surface area (Å²) >= 11 is 0. The number of hydrogen-bond acceptors (Lipinski definition) is 4. The number of rotatable bonds is 8. The molecule has 0 fully saturated rings. The van der Waals surface area contributed by atoms with Crippen molar-refractivity contribution in [2.75, 3.05) is 37.4 Å². The molecule has 0 spiro atoms. The van der Waals surface area contributed by atoms with Gasteiger partial charge in [-0.2, -0.15) is 0 Å². The first-order valence-corrected chi connectivity index (χ1v) is 8.53. The van der Waals surface area contributed by atoms with Crippen LogP contribution < -0.4 is 15.4 Å². The second-order valence-electron chi connectivity index (χ2n) is 6.00. The summed E-state index contributed by atoms with van der Waals surface area (Å²) in [5, 5.41) is 5.66. The average molecular weight is 355 g/mol. The van der Waals surface area contributed by atoms with Crippen LogP contribution in [0.2, 0.25) is 0 Å². The molecule has 0 heterocycles. The van der Waals surface area contributed by atoms with E-state index in [9.17, 15) is 9.59 Å². The van der Waals surface area contributed by atoms with Crippen molar-refractivity contribution >= 4 is 23.2 Å². The standard InChI is InChI=1S/C20H25N3O3/c1-4-23(13-19(24)21-16-10-8-15(2)9-11-16)14-20(25)22-17-6-5-7-18(12-17)26-3/h5-12H,4,13-14H2,1-3H3,(H,21,24)(H,22,25). The van der Waals surface area contributed by atoms with Crippen LogP contribution in [0.3, 0.4) is 0 Å². The van der Waals surface area contributed by atoms with E-state index in [0.29, 0.717) is 18.0 Å². The number of likely N-dealkylation sites (N-methyl/N-ethyl adjacent to an activating group) is 1.